The van der Waals surface area contributed by atoms with Crippen LogP contribution in [0.5, 0.6) is 11.5 Å². The molecule has 2 aromatic carbocycles. The fourth-order valence-electron chi connectivity index (χ4n) is 5.60. The Bertz CT molecular complexity index is 1210. The quantitative estimate of drug-likeness (QED) is 0.322. The number of nitrogens with zero attached hydrogens (tertiary/aromatic N) is 2. The number of piperidine rings is 3. The van der Waals surface area contributed by atoms with Gasteiger partial charge in [0.05, 0.1) is 30.8 Å². The van der Waals surface area contributed by atoms with E-state index in [0.717, 1.165) is 53.9 Å². The van der Waals surface area contributed by atoms with Gasteiger partial charge in [-0.15, -0.1) is 6.58 Å². The summed E-state index contributed by atoms with van der Waals surface area (Å²) in [6, 6.07) is 15.0. The Hall–Kier alpha value is -3.38. The summed E-state index contributed by atoms with van der Waals surface area (Å²) in [5.41, 5.74) is 2.32. The van der Waals surface area contributed by atoms with Crippen molar-refractivity contribution in [1.29, 1.82) is 0 Å². The second-order valence-electron chi connectivity index (χ2n) is 9.31. The first kappa shape index (κ1) is 23.4. The molecule has 0 aliphatic carbocycles. The van der Waals surface area contributed by atoms with Gasteiger partial charge in [0.25, 0.3) is 0 Å². The molecule has 35 heavy (non-hydrogen) atoms. The van der Waals surface area contributed by atoms with Crippen LogP contribution in [0, 0.1) is 11.8 Å². The summed E-state index contributed by atoms with van der Waals surface area (Å²) in [7, 11) is 1.65. The highest BCUT2D eigenvalue weighted by atomic mass is 16.5. The highest BCUT2D eigenvalue weighted by Gasteiger charge is 2.44. The molecule has 6 nitrogen and oxygen atoms in total. The minimum absolute atomic E-state index is 0.0911. The number of pyridine rings is 1. The predicted molar refractivity (Wildman–Crippen MR) is 136 cm³/mol. The Morgan fingerprint density at radius 2 is 2.00 bits per heavy atom. The van der Waals surface area contributed by atoms with Crippen molar-refractivity contribution in [3.63, 3.8) is 0 Å². The molecule has 6 rings (SSSR count). The van der Waals surface area contributed by atoms with Crippen molar-refractivity contribution in [2.45, 2.75) is 31.9 Å². The number of hydrogen-bond acceptors (Lipinski definition) is 6. The molecule has 2 bridgehead atoms. The molecule has 4 heterocycles. The maximum atomic E-state index is 13.4. The summed E-state index contributed by atoms with van der Waals surface area (Å²) in [5, 5.41) is 0.944. The van der Waals surface area contributed by atoms with Gasteiger partial charge in [0, 0.05) is 23.7 Å². The van der Waals surface area contributed by atoms with Crippen molar-refractivity contribution in [2.75, 3.05) is 26.8 Å². The fraction of sp³-hybridized carbons (Fsp3) is 0.379. The third-order valence-corrected chi connectivity index (χ3v) is 7.43. The minimum Gasteiger partial charge on any atom is -0.497 e. The number of esters is 1. The summed E-state index contributed by atoms with van der Waals surface area (Å²) in [6.45, 7) is 8.52. The van der Waals surface area contributed by atoms with Crippen LogP contribution in [-0.2, 0) is 4.74 Å². The van der Waals surface area contributed by atoms with Crippen LogP contribution in [0.2, 0.25) is 0 Å². The monoisotopic (exact) mass is 472 g/mol. The molecule has 0 spiro atoms. The minimum atomic E-state index is -0.430. The molecule has 0 N–H and O–H groups in total. The van der Waals surface area contributed by atoms with Gasteiger partial charge in [0.2, 0.25) is 0 Å². The fourth-order valence-corrected chi connectivity index (χ4v) is 5.60. The van der Waals surface area contributed by atoms with Gasteiger partial charge in [-0.1, -0.05) is 6.08 Å². The molecule has 0 saturated carbocycles. The molecule has 3 aliphatic heterocycles. The van der Waals surface area contributed by atoms with Crippen LogP contribution in [-0.4, -0.2) is 48.7 Å². The van der Waals surface area contributed by atoms with Crippen molar-refractivity contribution < 1.29 is 19.0 Å². The van der Waals surface area contributed by atoms with Gasteiger partial charge >= 0.3 is 5.97 Å². The molecule has 3 fully saturated rings. The van der Waals surface area contributed by atoms with E-state index in [0.29, 0.717) is 24.0 Å². The summed E-state index contributed by atoms with van der Waals surface area (Å²) < 4.78 is 17.4. The number of carbonyl (C=O) groups excluding carboxylic acids is 1. The van der Waals surface area contributed by atoms with Gasteiger partial charge in [-0.3, -0.25) is 9.88 Å². The van der Waals surface area contributed by atoms with Gasteiger partial charge in [-0.2, -0.15) is 0 Å². The van der Waals surface area contributed by atoms with Gasteiger partial charge in [0.1, 0.15) is 17.6 Å². The Morgan fingerprint density at radius 3 is 2.69 bits per heavy atom. The number of methoxy groups -OCH3 is 1. The Balaban J connectivity index is 1.52. The van der Waals surface area contributed by atoms with E-state index < -0.39 is 6.10 Å². The average Bonchev–Trinajstić information content (AvgIpc) is 2.91. The van der Waals surface area contributed by atoms with Crippen LogP contribution in [0.3, 0.4) is 0 Å². The molecular weight excluding hydrogens is 440 g/mol. The molecule has 0 radical (unpaired) electrons. The van der Waals surface area contributed by atoms with Gasteiger partial charge < -0.3 is 14.2 Å². The zero-order valence-corrected chi connectivity index (χ0v) is 20.4. The van der Waals surface area contributed by atoms with E-state index in [1.807, 2.05) is 43.3 Å². The maximum absolute atomic E-state index is 13.4. The summed E-state index contributed by atoms with van der Waals surface area (Å²) in [6.07, 6.45) is 5.56. The number of ether oxygens (including phenoxy) is 3. The lowest BCUT2D eigenvalue weighted by atomic mass is 9.73. The van der Waals surface area contributed by atoms with Crippen molar-refractivity contribution in [3.05, 3.63) is 78.5 Å². The lowest BCUT2D eigenvalue weighted by Gasteiger charge is -2.51. The Kier molecular flexibility index (Phi) is 6.73. The number of fused-ring (bicyclic) bond motifs is 4. The van der Waals surface area contributed by atoms with Crippen molar-refractivity contribution in [3.8, 4) is 11.5 Å². The summed E-state index contributed by atoms with van der Waals surface area (Å²) >= 11 is 0. The van der Waals surface area contributed by atoms with Crippen LogP contribution in [0.1, 0.15) is 41.8 Å². The molecule has 5 atom stereocenters. The molecule has 6 heteroatoms. The molecule has 182 valence electrons. The molecule has 3 aliphatic rings. The lowest BCUT2D eigenvalue weighted by Crippen LogP contribution is -2.55. The van der Waals surface area contributed by atoms with E-state index in [4.69, 9.17) is 14.2 Å². The zero-order valence-electron chi connectivity index (χ0n) is 20.4. The molecular formula is C29H32N2O4. The Labute approximate surface area is 206 Å². The van der Waals surface area contributed by atoms with Crippen LogP contribution >= 0.6 is 0 Å². The second kappa shape index (κ2) is 10.1. The van der Waals surface area contributed by atoms with Gasteiger partial charge in [0.15, 0.2) is 0 Å². The number of hydrogen-bond donors (Lipinski definition) is 0. The summed E-state index contributed by atoms with van der Waals surface area (Å²) in [4.78, 5) is 20.4. The van der Waals surface area contributed by atoms with E-state index in [-0.39, 0.29) is 12.0 Å². The van der Waals surface area contributed by atoms with Crippen molar-refractivity contribution >= 4 is 16.9 Å². The van der Waals surface area contributed by atoms with Gasteiger partial charge in [-0.05, 0) is 86.7 Å². The van der Waals surface area contributed by atoms with E-state index >= 15 is 0 Å². The molecule has 1 unspecified atom stereocenters. The molecule has 3 saturated heterocycles. The lowest BCUT2D eigenvalue weighted by molar-refractivity contribution is -0.0568. The van der Waals surface area contributed by atoms with E-state index in [1.54, 1.807) is 25.4 Å². The Morgan fingerprint density at radius 1 is 1.20 bits per heavy atom. The largest absolute Gasteiger partial charge is 0.497 e. The van der Waals surface area contributed by atoms with Crippen LogP contribution in [0.4, 0.5) is 0 Å². The maximum Gasteiger partial charge on any atom is 0.338 e. The number of rotatable bonds is 8. The van der Waals surface area contributed by atoms with E-state index in [1.165, 1.54) is 0 Å². The van der Waals surface area contributed by atoms with Crippen LogP contribution in [0.15, 0.2) is 67.4 Å². The number of benzene rings is 2. The molecule has 0 amide bonds. The third-order valence-electron chi connectivity index (χ3n) is 7.43. The van der Waals surface area contributed by atoms with E-state index in [9.17, 15) is 4.79 Å². The second-order valence-corrected chi connectivity index (χ2v) is 9.31. The summed E-state index contributed by atoms with van der Waals surface area (Å²) in [5.74, 6) is 2.18. The van der Waals surface area contributed by atoms with Crippen molar-refractivity contribution in [1.82, 2.24) is 9.88 Å². The van der Waals surface area contributed by atoms with Gasteiger partial charge in [-0.25, -0.2) is 4.79 Å². The van der Waals surface area contributed by atoms with Crippen LogP contribution < -0.4 is 9.47 Å². The highest BCUT2D eigenvalue weighted by molar-refractivity contribution is 5.90. The third kappa shape index (κ3) is 4.63. The van der Waals surface area contributed by atoms with E-state index in [2.05, 4.69) is 22.5 Å². The molecule has 3 aromatic rings. The first-order chi connectivity index (χ1) is 17.1. The van der Waals surface area contributed by atoms with Crippen LogP contribution in [0.25, 0.3) is 10.9 Å². The topological polar surface area (TPSA) is 60.9 Å². The number of aromatic nitrogens is 1. The first-order valence-corrected chi connectivity index (χ1v) is 12.3. The van der Waals surface area contributed by atoms with Crippen molar-refractivity contribution in [2.24, 2.45) is 11.8 Å². The average molecular weight is 473 g/mol. The standard InChI is InChI=1S/C29H32N2O4/c1-4-19-18-31-15-13-21(19)16-27(31)28(35-29(32)20-6-8-22(9-7-20)34-5-2)24-12-14-30-26-11-10-23(33-3)17-25(24)26/h4,6-12,14,17,19,21,27-28H,1,5,13,15-16,18H2,2-3H3/t19-,21+,27+,28-/m1/s1. The molecule has 1 aromatic heterocycles. The number of carbonyl (C=O) groups is 1. The smallest absolute Gasteiger partial charge is 0.338 e. The predicted octanol–water partition coefficient (Wildman–Crippen LogP) is 5.44. The zero-order chi connectivity index (χ0) is 24.4. The SMILES string of the molecule is C=C[C@@H]1CN2CC[C@H]1C[C@H]2[C@H](OC(=O)c1ccc(OCC)cc1)c1ccnc2ccc(OC)cc12. The highest BCUT2D eigenvalue weighted by Crippen LogP contribution is 2.44. The normalized spacial score (nSPS) is 24.1. The first-order valence-electron chi connectivity index (χ1n) is 12.3.